The Morgan fingerprint density at radius 2 is 2.00 bits per heavy atom. The molecule has 1 saturated carbocycles. The van der Waals surface area contributed by atoms with Crippen LogP contribution < -0.4 is 9.47 Å². The van der Waals surface area contributed by atoms with Crippen LogP contribution in [0.3, 0.4) is 0 Å². The van der Waals surface area contributed by atoms with Crippen molar-refractivity contribution in [3.05, 3.63) is 54.7 Å². The van der Waals surface area contributed by atoms with Gasteiger partial charge in [0.25, 0.3) is 0 Å². The molecule has 0 bridgehead atoms. The molecule has 1 aromatic heterocycles. The Morgan fingerprint density at radius 1 is 1.20 bits per heavy atom. The number of likely N-dealkylation sites (tertiary alicyclic amines) is 1. The zero-order valence-corrected chi connectivity index (χ0v) is 24.4. The van der Waals surface area contributed by atoms with Crippen LogP contribution >= 0.6 is 11.6 Å². The number of hydrogen-bond donors (Lipinski definition) is 0. The highest BCUT2D eigenvalue weighted by atomic mass is 35.5. The molecule has 1 aliphatic heterocycles. The van der Waals surface area contributed by atoms with Gasteiger partial charge in [0.05, 0.1) is 38.3 Å². The van der Waals surface area contributed by atoms with Crippen LogP contribution in [-0.2, 0) is 19.1 Å². The number of ketones is 1. The van der Waals surface area contributed by atoms with Crippen LogP contribution in [0.2, 0.25) is 5.15 Å². The largest absolute Gasteiger partial charge is 0.497 e. The maximum Gasteiger partial charge on any atom is 0.410 e. The fourth-order valence-electron chi connectivity index (χ4n) is 5.43. The second kappa shape index (κ2) is 13.4. The van der Waals surface area contributed by atoms with E-state index in [1.807, 2.05) is 18.2 Å². The highest BCUT2D eigenvalue weighted by Gasteiger charge is 2.61. The summed E-state index contributed by atoms with van der Waals surface area (Å²) in [6, 6.07) is 6.33. The molecule has 2 fully saturated rings. The number of methoxy groups -OCH3 is 1. The third kappa shape index (κ3) is 6.84. The Kier molecular flexibility index (Phi) is 9.91. The monoisotopic (exact) mass is 584 g/mol. The predicted molar refractivity (Wildman–Crippen MR) is 155 cm³/mol. The van der Waals surface area contributed by atoms with Gasteiger partial charge in [0.1, 0.15) is 17.0 Å². The average Bonchev–Trinajstić information content (AvgIpc) is 3.51. The Labute approximate surface area is 245 Å². The van der Waals surface area contributed by atoms with Gasteiger partial charge in [0.15, 0.2) is 5.78 Å². The van der Waals surface area contributed by atoms with E-state index >= 15 is 0 Å². The number of aromatic nitrogens is 1. The van der Waals surface area contributed by atoms with E-state index in [-0.39, 0.29) is 49.5 Å². The summed E-state index contributed by atoms with van der Waals surface area (Å²) >= 11 is 6.29. The number of carbonyl (C=O) groups excluding carboxylic acids is 3. The number of esters is 1. The van der Waals surface area contributed by atoms with Gasteiger partial charge in [-0.3, -0.25) is 14.5 Å². The summed E-state index contributed by atoms with van der Waals surface area (Å²) in [5.41, 5.74) is -0.947. The zero-order chi connectivity index (χ0) is 29.6. The molecule has 4 rings (SSSR count). The number of rotatable bonds is 14. The average molecular weight is 585 g/mol. The van der Waals surface area contributed by atoms with Gasteiger partial charge in [-0.25, -0.2) is 9.78 Å². The minimum atomic E-state index is -0.947. The van der Waals surface area contributed by atoms with E-state index < -0.39 is 29.6 Å². The summed E-state index contributed by atoms with van der Waals surface area (Å²) in [7, 11) is 1.58. The van der Waals surface area contributed by atoms with E-state index in [0.717, 1.165) is 23.6 Å². The minimum Gasteiger partial charge on any atom is -0.497 e. The molecule has 1 saturated heterocycles. The second-order valence-electron chi connectivity index (χ2n) is 10.4. The summed E-state index contributed by atoms with van der Waals surface area (Å²) in [5, 5.41) is 1.73. The van der Waals surface area contributed by atoms with Crippen LogP contribution in [0.25, 0.3) is 10.8 Å². The van der Waals surface area contributed by atoms with Crippen LogP contribution in [0.15, 0.2) is 49.6 Å². The molecular weight excluding hydrogens is 548 g/mol. The number of unbranched alkanes of at least 4 members (excludes halogenated alkanes) is 2. The van der Waals surface area contributed by atoms with Gasteiger partial charge in [0, 0.05) is 18.2 Å². The van der Waals surface area contributed by atoms with Gasteiger partial charge in [-0.1, -0.05) is 23.8 Å². The minimum absolute atomic E-state index is 0.0544. The summed E-state index contributed by atoms with van der Waals surface area (Å²) < 4.78 is 22.4. The van der Waals surface area contributed by atoms with Crippen LogP contribution in [-0.4, -0.2) is 66.7 Å². The van der Waals surface area contributed by atoms with Crippen molar-refractivity contribution in [2.24, 2.45) is 11.3 Å². The number of halogens is 1. The molecule has 4 atom stereocenters. The van der Waals surface area contributed by atoms with E-state index in [0.29, 0.717) is 24.5 Å². The molecule has 41 heavy (non-hydrogen) atoms. The van der Waals surface area contributed by atoms with Crippen LogP contribution in [0, 0.1) is 11.3 Å². The number of amides is 1. The fourth-order valence-corrected chi connectivity index (χ4v) is 5.62. The number of allylic oxidation sites excluding steroid dienone is 2. The molecule has 1 amide bonds. The van der Waals surface area contributed by atoms with Gasteiger partial charge >= 0.3 is 12.1 Å². The van der Waals surface area contributed by atoms with Gasteiger partial charge in [-0.2, -0.15) is 0 Å². The van der Waals surface area contributed by atoms with Crippen molar-refractivity contribution in [2.75, 3.05) is 26.9 Å². The first kappa shape index (κ1) is 30.4. The van der Waals surface area contributed by atoms with Crippen molar-refractivity contribution < 1.29 is 33.3 Å². The molecule has 0 spiro atoms. The zero-order valence-electron chi connectivity index (χ0n) is 23.6. The van der Waals surface area contributed by atoms with Gasteiger partial charge in [0.2, 0.25) is 5.88 Å². The lowest BCUT2D eigenvalue weighted by atomic mass is 9.92. The van der Waals surface area contributed by atoms with Crippen molar-refractivity contribution in [1.82, 2.24) is 9.88 Å². The molecule has 2 aromatic rings. The summed E-state index contributed by atoms with van der Waals surface area (Å²) in [5.74, 6) is 0.148. The number of fused-ring (bicyclic) bond motifs is 1. The number of ether oxygens (including phenoxy) is 4. The number of nitrogens with zero attached hydrogens (tertiary/aromatic N) is 2. The summed E-state index contributed by atoms with van der Waals surface area (Å²) in [6.45, 7) is 9.80. The number of carbonyl (C=O) groups is 3. The molecular formula is C31H37ClN2O7. The van der Waals surface area contributed by atoms with E-state index in [9.17, 15) is 14.4 Å². The smallest absolute Gasteiger partial charge is 0.410 e. The molecule has 2 aliphatic rings. The van der Waals surface area contributed by atoms with Crippen molar-refractivity contribution in [3.63, 3.8) is 0 Å². The van der Waals surface area contributed by atoms with E-state index in [2.05, 4.69) is 18.1 Å². The third-order valence-corrected chi connectivity index (χ3v) is 7.93. The highest BCUT2D eigenvalue weighted by molar-refractivity contribution is 6.30. The first-order valence-electron chi connectivity index (χ1n) is 13.9. The summed E-state index contributed by atoms with van der Waals surface area (Å²) in [6.07, 6.45) is 5.35. The molecule has 1 aliphatic carbocycles. The standard InChI is InChI=1S/C31H37ClN2O7/c1-5-8-9-10-13-40-30(37)34-19-23(41-28-24-12-11-22(38-4)14-20(24)15-27(32)33-28)16-25(34)26(35)18-31(17-21(31)6-2)29(36)39-7-3/h5-6,11-12,14-15,21,23,25H,1-2,7-10,13,16-19H2,3-4H3/t21-,23-,25+,31-/m1/s1. The normalized spacial score (nSPS) is 23.1. The number of pyridine rings is 1. The first-order chi connectivity index (χ1) is 19.8. The Balaban J connectivity index is 1.55. The van der Waals surface area contributed by atoms with E-state index in [4.69, 9.17) is 30.5 Å². The highest BCUT2D eigenvalue weighted by Crippen LogP contribution is 2.57. The van der Waals surface area contributed by atoms with Crippen LogP contribution in [0.1, 0.15) is 45.4 Å². The van der Waals surface area contributed by atoms with Crippen molar-refractivity contribution in [3.8, 4) is 11.6 Å². The first-order valence-corrected chi connectivity index (χ1v) is 14.3. The molecule has 1 aromatic carbocycles. The van der Waals surface area contributed by atoms with Gasteiger partial charge in [-0.05, 0) is 68.2 Å². The predicted octanol–water partition coefficient (Wildman–Crippen LogP) is 5.93. The number of benzene rings is 1. The lowest BCUT2D eigenvalue weighted by molar-refractivity contribution is -0.152. The van der Waals surface area contributed by atoms with Crippen LogP contribution in [0.4, 0.5) is 4.79 Å². The maximum absolute atomic E-state index is 13.7. The molecule has 220 valence electrons. The molecule has 0 unspecified atom stereocenters. The fraction of sp³-hybridized carbons (Fsp3) is 0.484. The molecule has 0 N–H and O–H groups in total. The van der Waals surface area contributed by atoms with Crippen molar-refractivity contribution in [2.45, 2.75) is 57.6 Å². The van der Waals surface area contributed by atoms with Crippen molar-refractivity contribution in [1.29, 1.82) is 0 Å². The van der Waals surface area contributed by atoms with E-state index in [1.165, 1.54) is 4.90 Å². The Bertz CT molecular complexity index is 1310. The molecule has 9 nitrogen and oxygen atoms in total. The van der Waals surface area contributed by atoms with Gasteiger partial charge in [-0.15, -0.1) is 13.2 Å². The Hall–Kier alpha value is -3.59. The molecule has 2 heterocycles. The second-order valence-corrected chi connectivity index (χ2v) is 10.8. The molecule has 10 heteroatoms. The Morgan fingerprint density at radius 3 is 2.68 bits per heavy atom. The third-order valence-electron chi connectivity index (χ3n) is 7.74. The SMILES string of the molecule is C=CCCCCOC(=O)N1C[C@H](Oc2nc(Cl)cc3cc(OC)ccc23)C[C@H]1C(=O)C[C@]1(C(=O)OCC)C[C@H]1C=C. The number of hydrogen-bond acceptors (Lipinski definition) is 8. The quantitative estimate of drug-likeness (QED) is 0.117. The van der Waals surface area contributed by atoms with E-state index in [1.54, 1.807) is 32.2 Å². The number of Topliss-reactive ketones (excluding diaryl/α,β-unsaturated/α-hetero) is 1. The van der Waals surface area contributed by atoms with Crippen LogP contribution in [0.5, 0.6) is 11.6 Å². The summed E-state index contributed by atoms with van der Waals surface area (Å²) in [4.78, 5) is 45.5. The lowest BCUT2D eigenvalue weighted by Crippen LogP contribution is -2.42. The molecule has 0 radical (unpaired) electrons. The van der Waals surface area contributed by atoms with Crippen molar-refractivity contribution >= 4 is 40.2 Å². The lowest BCUT2D eigenvalue weighted by Gasteiger charge is -2.24. The van der Waals surface area contributed by atoms with Gasteiger partial charge < -0.3 is 18.9 Å². The maximum atomic E-state index is 13.7. The topological polar surface area (TPSA) is 104 Å².